The quantitative estimate of drug-likeness (QED) is 0.623. The van der Waals surface area contributed by atoms with Crippen LogP contribution < -0.4 is 4.90 Å². The maximum atomic E-state index is 13.4. The number of likely N-dealkylation sites (N-methyl/N-ethyl adjacent to an activating group) is 1. The van der Waals surface area contributed by atoms with E-state index in [1.54, 1.807) is 11.9 Å². The van der Waals surface area contributed by atoms with Crippen molar-refractivity contribution in [1.82, 2.24) is 4.90 Å². The van der Waals surface area contributed by atoms with Gasteiger partial charge in [-0.3, -0.25) is 14.9 Å². The van der Waals surface area contributed by atoms with Gasteiger partial charge in [-0.2, -0.15) is 0 Å². The van der Waals surface area contributed by atoms with Gasteiger partial charge in [0.2, 0.25) is 5.91 Å². The highest BCUT2D eigenvalue weighted by molar-refractivity contribution is 5.81. The summed E-state index contributed by atoms with van der Waals surface area (Å²) in [7, 11) is 1.62. The van der Waals surface area contributed by atoms with Crippen molar-refractivity contribution in [3.63, 3.8) is 0 Å². The lowest BCUT2D eigenvalue weighted by molar-refractivity contribution is -0.385. The van der Waals surface area contributed by atoms with Gasteiger partial charge in [0, 0.05) is 31.9 Å². The number of amides is 1. The maximum absolute atomic E-state index is 13.4. The van der Waals surface area contributed by atoms with Crippen LogP contribution in [0.4, 0.5) is 15.8 Å². The average molecular weight is 281 g/mol. The van der Waals surface area contributed by atoms with E-state index in [1.807, 2.05) is 0 Å². The van der Waals surface area contributed by atoms with Gasteiger partial charge in [0.1, 0.15) is 5.82 Å². The molecule has 2 rings (SSSR count). The fourth-order valence-electron chi connectivity index (χ4n) is 2.25. The van der Waals surface area contributed by atoms with E-state index in [2.05, 4.69) is 0 Å². The van der Waals surface area contributed by atoms with Crippen molar-refractivity contribution < 1.29 is 14.1 Å². The third-order valence-corrected chi connectivity index (χ3v) is 3.35. The largest absolute Gasteiger partial charge is 0.365 e. The Balaban J connectivity index is 2.10. The molecule has 1 aliphatic rings. The molecule has 0 radical (unpaired) electrons. The lowest BCUT2D eigenvalue weighted by atomic mass is 10.2. The Labute approximate surface area is 115 Å². The van der Waals surface area contributed by atoms with Crippen molar-refractivity contribution in [2.75, 3.05) is 31.6 Å². The van der Waals surface area contributed by atoms with Gasteiger partial charge in [-0.15, -0.1) is 0 Å². The van der Waals surface area contributed by atoms with E-state index >= 15 is 0 Å². The molecule has 20 heavy (non-hydrogen) atoms. The van der Waals surface area contributed by atoms with E-state index in [1.165, 1.54) is 17.0 Å². The van der Waals surface area contributed by atoms with Crippen molar-refractivity contribution in [3.8, 4) is 0 Å². The first-order valence-electron chi connectivity index (χ1n) is 6.41. The number of likely N-dealkylation sites (tertiary alicyclic amines) is 1. The summed E-state index contributed by atoms with van der Waals surface area (Å²) in [6.45, 7) is 1.58. The van der Waals surface area contributed by atoms with E-state index in [-0.39, 0.29) is 18.1 Å². The lowest BCUT2D eigenvalue weighted by Gasteiger charge is -2.22. The lowest BCUT2D eigenvalue weighted by Crippen LogP contribution is -2.37. The van der Waals surface area contributed by atoms with E-state index < -0.39 is 10.7 Å². The summed E-state index contributed by atoms with van der Waals surface area (Å²) in [6.07, 6.45) is 2.00. The first-order valence-corrected chi connectivity index (χ1v) is 6.41. The molecule has 1 aliphatic heterocycles. The Morgan fingerprint density at radius 3 is 2.65 bits per heavy atom. The third kappa shape index (κ3) is 3.23. The Kier molecular flexibility index (Phi) is 4.16. The zero-order valence-corrected chi connectivity index (χ0v) is 11.2. The first kappa shape index (κ1) is 14.2. The van der Waals surface area contributed by atoms with E-state index in [0.717, 1.165) is 32.0 Å². The summed E-state index contributed by atoms with van der Waals surface area (Å²) in [4.78, 5) is 25.3. The van der Waals surface area contributed by atoms with Gasteiger partial charge < -0.3 is 9.80 Å². The Morgan fingerprint density at radius 2 is 2.05 bits per heavy atom. The Morgan fingerprint density at radius 1 is 1.40 bits per heavy atom. The van der Waals surface area contributed by atoms with Gasteiger partial charge in [0.25, 0.3) is 5.69 Å². The highest BCUT2D eigenvalue weighted by Gasteiger charge is 2.20. The SMILES string of the molecule is CN(CC(=O)N1CCCC1)c1cc(F)cc([N+](=O)[O-])c1. The van der Waals surface area contributed by atoms with Gasteiger partial charge in [-0.05, 0) is 18.9 Å². The van der Waals surface area contributed by atoms with Crippen molar-refractivity contribution >= 4 is 17.3 Å². The number of carbonyl (C=O) groups excluding carboxylic acids is 1. The number of benzene rings is 1. The van der Waals surface area contributed by atoms with E-state index in [0.29, 0.717) is 5.69 Å². The zero-order chi connectivity index (χ0) is 14.7. The van der Waals surface area contributed by atoms with Crippen LogP contribution in [0.3, 0.4) is 0 Å². The number of hydrogen-bond donors (Lipinski definition) is 0. The summed E-state index contributed by atoms with van der Waals surface area (Å²) < 4.78 is 13.4. The molecule has 1 aromatic carbocycles. The topological polar surface area (TPSA) is 66.7 Å². The van der Waals surface area contributed by atoms with Gasteiger partial charge in [0.15, 0.2) is 0 Å². The molecule has 1 aromatic rings. The van der Waals surface area contributed by atoms with Crippen molar-refractivity contribution in [2.24, 2.45) is 0 Å². The molecule has 6 nitrogen and oxygen atoms in total. The molecular formula is C13H16FN3O3. The molecule has 0 spiro atoms. The molecule has 0 aliphatic carbocycles. The number of halogens is 1. The van der Waals surface area contributed by atoms with Crippen LogP contribution in [0.5, 0.6) is 0 Å². The van der Waals surface area contributed by atoms with Crippen LogP contribution in [0.2, 0.25) is 0 Å². The zero-order valence-electron chi connectivity index (χ0n) is 11.2. The maximum Gasteiger partial charge on any atom is 0.274 e. The number of nitro benzene ring substituents is 1. The van der Waals surface area contributed by atoms with Crippen molar-refractivity contribution in [1.29, 1.82) is 0 Å². The number of nitrogens with zero attached hydrogens (tertiary/aromatic N) is 3. The second-order valence-electron chi connectivity index (χ2n) is 4.87. The van der Waals surface area contributed by atoms with Crippen LogP contribution in [-0.2, 0) is 4.79 Å². The van der Waals surface area contributed by atoms with Gasteiger partial charge in [0.05, 0.1) is 17.5 Å². The van der Waals surface area contributed by atoms with Crippen LogP contribution in [-0.4, -0.2) is 42.4 Å². The molecule has 0 bridgehead atoms. The minimum atomic E-state index is -0.685. The molecule has 0 unspecified atom stereocenters. The number of rotatable bonds is 4. The van der Waals surface area contributed by atoms with E-state index in [4.69, 9.17) is 0 Å². The third-order valence-electron chi connectivity index (χ3n) is 3.35. The molecule has 0 atom stereocenters. The fraction of sp³-hybridized carbons (Fsp3) is 0.462. The van der Waals surface area contributed by atoms with Crippen molar-refractivity contribution in [3.05, 3.63) is 34.1 Å². The van der Waals surface area contributed by atoms with Crippen LogP contribution >= 0.6 is 0 Å². The minimum absolute atomic E-state index is 0.0445. The molecule has 1 amide bonds. The molecule has 108 valence electrons. The second-order valence-corrected chi connectivity index (χ2v) is 4.87. The molecule has 1 fully saturated rings. The molecule has 0 N–H and O–H groups in total. The minimum Gasteiger partial charge on any atom is -0.365 e. The van der Waals surface area contributed by atoms with Crippen LogP contribution in [0, 0.1) is 15.9 Å². The highest BCUT2D eigenvalue weighted by atomic mass is 19.1. The molecule has 0 aromatic heterocycles. The Hall–Kier alpha value is -2.18. The summed E-state index contributed by atoms with van der Waals surface area (Å²) in [6, 6.07) is 3.31. The predicted molar refractivity (Wildman–Crippen MR) is 72.1 cm³/mol. The summed E-state index contributed by atoms with van der Waals surface area (Å²) in [5.41, 5.74) is 0.00437. The molecule has 7 heteroatoms. The van der Waals surface area contributed by atoms with Crippen LogP contribution in [0.1, 0.15) is 12.8 Å². The van der Waals surface area contributed by atoms with Gasteiger partial charge >= 0.3 is 0 Å². The highest BCUT2D eigenvalue weighted by Crippen LogP contribution is 2.22. The van der Waals surface area contributed by atoms with Crippen molar-refractivity contribution in [2.45, 2.75) is 12.8 Å². The summed E-state index contributed by atoms with van der Waals surface area (Å²) in [5, 5.41) is 10.7. The Bertz CT molecular complexity index is 530. The monoisotopic (exact) mass is 281 g/mol. The number of non-ortho nitro benzene ring substituents is 1. The van der Waals surface area contributed by atoms with E-state index in [9.17, 15) is 19.3 Å². The summed E-state index contributed by atoms with van der Waals surface area (Å²) in [5.74, 6) is -0.730. The standard InChI is InChI=1S/C13H16FN3O3/c1-15(9-13(18)16-4-2-3-5-16)11-6-10(14)7-12(8-11)17(19)20/h6-8H,2-5,9H2,1H3. The van der Waals surface area contributed by atoms with Gasteiger partial charge in [-0.25, -0.2) is 4.39 Å². The number of hydrogen-bond acceptors (Lipinski definition) is 4. The first-order chi connectivity index (χ1) is 9.47. The number of nitro groups is 1. The molecular weight excluding hydrogens is 265 g/mol. The van der Waals surface area contributed by atoms with Crippen LogP contribution in [0.25, 0.3) is 0 Å². The molecule has 1 heterocycles. The predicted octanol–water partition coefficient (Wildman–Crippen LogP) is 1.79. The number of carbonyl (C=O) groups is 1. The average Bonchev–Trinajstić information content (AvgIpc) is 2.91. The fourth-order valence-corrected chi connectivity index (χ4v) is 2.25. The number of anilines is 1. The second kappa shape index (κ2) is 5.85. The molecule has 0 saturated carbocycles. The molecule has 1 saturated heterocycles. The van der Waals surface area contributed by atoms with Crippen LogP contribution in [0.15, 0.2) is 18.2 Å². The van der Waals surface area contributed by atoms with Gasteiger partial charge in [-0.1, -0.05) is 0 Å². The smallest absolute Gasteiger partial charge is 0.274 e. The normalized spacial score (nSPS) is 14.4. The summed E-state index contributed by atoms with van der Waals surface area (Å²) >= 11 is 0.